The van der Waals surface area contributed by atoms with Gasteiger partial charge < -0.3 is 9.80 Å². The summed E-state index contributed by atoms with van der Waals surface area (Å²) in [5, 5.41) is 0. The Morgan fingerprint density at radius 3 is 1.11 bits per heavy atom. The molecule has 382 valence electrons. The Morgan fingerprint density at radius 2 is 0.726 bits per heavy atom. The Morgan fingerprint density at radius 1 is 0.356 bits per heavy atom. The third kappa shape index (κ3) is 8.27. The lowest BCUT2D eigenvalue weighted by Crippen LogP contribution is -2.61. The normalized spacial score (nSPS) is 18.3. The number of benzene rings is 6. The molecule has 0 N–H and O–H groups in total. The number of hydrogen-bond acceptors (Lipinski definition) is 2. The third-order valence-corrected chi connectivity index (χ3v) is 17.9. The second kappa shape index (κ2) is 15.8. The third-order valence-electron chi connectivity index (χ3n) is 17.9. The molecule has 0 saturated carbocycles. The van der Waals surface area contributed by atoms with E-state index in [4.69, 9.17) is 0 Å². The molecule has 0 aromatic heterocycles. The monoisotopic (exact) mass is 969 g/mol. The first-order valence-corrected chi connectivity index (χ1v) is 27.9. The number of fused-ring (bicyclic) bond motifs is 6. The van der Waals surface area contributed by atoms with Crippen LogP contribution in [0.25, 0.3) is 11.1 Å². The van der Waals surface area contributed by atoms with Gasteiger partial charge in [-0.1, -0.05) is 208 Å². The molecule has 6 aromatic rings. The zero-order valence-electron chi connectivity index (χ0n) is 49.6. The van der Waals surface area contributed by atoms with Gasteiger partial charge in [0, 0.05) is 34.1 Å². The zero-order valence-corrected chi connectivity index (χ0v) is 49.6. The van der Waals surface area contributed by atoms with Gasteiger partial charge >= 0.3 is 0 Å². The number of anilines is 6. The molecule has 2 heterocycles. The lowest BCUT2D eigenvalue weighted by molar-refractivity contribution is 0.396. The molecule has 0 atom stereocenters. The van der Waals surface area contributed by atoms with Crippen molar-refractivity contribution < 1.29 is 0 Å². The van der Waals surface area contributed by atoms with E-state index in [0.717, 1.165) is 12.8 Å². The van der Waals surface area contributed by atoms with Gasteiger partial charge in [-0.25, -0.2) is 0 Å². The average Bonchev–Trinajstić information content (AvgIpc) is 3.57. The summed E-state index contributed by atoms with van der Waals surface area (Å²) in [6.07, 6.45) is 2.24. The van der Waals surface area contributed by atoms with Crippen molar-refractivity contribution in [3.8, 4) is 11.1 Å². The molecular weight excluding hydrogens is 880 g/mol. The molecule has 4 aliphatic rings. The number of rotatable bonds is 3. The summed E-state index contributed by atoms with van der Waals surface area (Å²) >= 11 is 0. The van der Waals surface area contributed by atoms with Crippen LogP contribution in [-0.2, 0) is 48.7 Å². The van der Waals surface area contributed by atoms with Crippen molar-refractivity contribution in [2.45, 2.75) is 221 Å². The quantitative estimate of drug-likeness (QED) is 0.163. The van der Waals surface area contributed by atoms with E-state index in [1.807, 2.05) is 0 Å². The molecule has 0 unspecified atom stereocenters. The molecule has 6 aromatic carbocycles. The van der Waals surface area contributed by atoms with E-state index >= 15 is 0 Å². The van der Waals surface area contributed by atoms with Crippen molar-refractivity contribution in [3.05, 3.63) is 147 Å². The van der Waals surface area contributed by atoms with Gasteiger partial charge in [0.05, 0.1) is 0 Å². The fourth-order valence-electron chi connectivity index (χ4n) is 14.4. The van der Waals surface area contributed by atoms with E-state index in [9.17, 15) is 0 Å². The molecule has 2 aliphatic heterocycles. The highest BCUT2D eigenvalue weighted by Crippen LogP contribution is 2.62. The van der Waals surface area contributed by atoms with Gasteiger partial charge in [0.15, 0.2) is 0 Å². The van der Waals surface area contributed by atoms with Crippen LogP contribution < -0.4 is 26.2 Å². The number of hydrogen-bond donors (Lipinski definition) is 0. The lowest BCUT2D eigenvalue weighted by atomic mass is 9.33. The smallest absolute Gasteiger partial charge is 0.252 e. The van der Waals surface area contributed by atoms with Crippen molar-refractivity contribution >= 4 is 57.2 Å². The zero-order chi connectivity index (χ0) is 53.5. The first kappa shape index (κ1) is 51.5. The second-order valence-corrected chi connectivity index (χ2v) is 31.1. The van der Waals surface area contributed by atoms with Crippen molar-refractivity contribution in [3.63, 3.8) is 0 Å². The molecule has 2 nitrogen and oxygen atoms in total. The lowest BCUT2D eigenvalue weighted by Gasteiger charge is -2.46. The molecule has 0 saturated heterocycles. The topological polar surface area (TPSA) is 6.48 Å². The minimum Gasteiger partial charge on any atom is -0.311 e. The Labute approximate surface area is 443 Å². The standard InChI is InChI=1S/C70H89BN2/c1-62(2,3)43-24-28-48(29-25-43)72-54-30-26-44(63(4,5)6)37-52(54)71-53-38-45(64(7,8)9)27-31-55(53)73(49-35-46(65(10,11)12)34-47(36-49)66(13,14)15)57-33-42(32-56(72)61(57)71)58-59-50(67(16,17)40-69(59,20)21)39-51-60(58)70(22,23)41-68(51,18)19/h24-39H,40-41H2,1-23H3. The highest BCUT2D eigenvalue weighted by Gasteiger charge is 2.52. The van der Waals surface area contributed by atoms with Crippen molar-refractivity contribution in [1.29, 1.82) is 0 Å². The molecular formula is C70H89BN2. The molecule has 0 bridgehead atoms. The van der Waals surface area contributed by atoms with Crippen LogP contribution in [0.2, 0.25) is 0 Å². The summed E-state index contributed by atoms with van der Waals surface area (Å²) in [4.78, 5) is 5.39. The van der Waals surface area contributed by atoms with Crippen molar-refractivity contribution in [1.82, 2.24) is 0 Å². The second-order valence-electron chi connectivity index (χ2n) is 31.1. The first-order valence-electron chi connectivity index (χ1n) is 27.9. The fourth-order valence-corrected chi connectivity index (χ4v) is 14.4. The van der Waals surface area contributed by atoms with E-state index in [1.54, 1.807) is 22.3 Å². The SMILES string of the molecule is CC(C)(C)c1ccc(N2c3ccc(C(C)(C)C)cc3B3c4cc(C(C)(C)C)ccc4N(c4cc(C(C)(C)C)cc(C(C)(C)C)c4)c4cc(-c5c6c(cc7c5C(C)(C)CC7(C)C)C(C)(C)CC6(C)C)cc2c43)cc1. The van der Waals surface area contributed by atoms with Gasteiger partial charge in [0.2, 0.25) is 0 Å². The maximum absolute atomic E-state index is 2.72. The van der Waals surface area contributed by atoms with Crippen LogP contribution in [0, 0.1) is 0 Å². The highest BCUT2D eigenvalue weighted by molar-refractivity contribution is 7.00. The summed E-state index contributed by atoms with van der Waals surface area (Å²) in [6.45, 7) is 55.7. The Bertz CT molecular complexity index is 3160. The van der Waals surface area contributed by atoms with Crippen LogP contribution in [0.4, 0.5) is 34.1 Å². The maximum atomic E-state index is 2.72. The van der Waals surface area contributed by atoms with E-state index < -0.39 is 0 Å². The molecule has 73 heavy (non-hydrogen) atoms. The summed E-state index contributed by atoms with van der Waals surface area (Å²) in [5.41, 5.74) is 27.4. The van der Waals surface area contributed by atoms with Gasteiger partial charge in [-0.3, -0.25) is 0 Å². The summed E-state index contributed by atoms with van der Waals surface area (Å²) in [6, 6.07) is 40.2. The predicted molar refractivity (Wildman–Crippen MR) is 321 cm³/mol. The van der Waals surface area contributed by atoms with Crippen LogP contribution in [0.5, 0.6) is 0 Å². The Hall–Kier alpha value is -5.02. The summed E-state index contributed by atoms with van der Waals surface area (Å²) < 4.78 is 0. The van der Waals surface area contributed by atoms with Crippen LogP contribution in [0.15, 0.2) is 97.1 Å². The molecule has 0 amide bonds. The molecule has 3 heteroatoms. The van der Waals surface area contributed by atoms with E-state index in [0.29, 0.717) is 0 Å². The summed E-state index contributed by atoms with van der Waals surface area (Å²) in [5.74, 6) is 0. The molecule has 0 spiro atoms. The molecule has 10 rings (SSSR count). The average molecular weight is 969 g/mol. The van der Waals surface area contributed by atoms with Crippen molar-refractivity contribution in [2.75, 3.05) is 9.80 Å². The van der Waals surface area contributed by atoms with Crippen LogP contribution in [0.3, 0.4) is 0 Å². The van der Waals surface area contributed by atoms with E-state index in [2.05, 4.69) is 266 Å². The Balaban J connectivity index is 1.43. The number of nitrogens with zero attached hydrogens (tertiary/aromatic N) is 2. The van der Waals surface area contributed by atoms with E-state index in [1.165, 1.54) is 89.5 Å². The highest BCUT2D eigenvalue weighted by atomic mass is 15.2. The van der Waals surface area contributed by atoms with E-state index in [-0.39, 0.29) is 55.4 Å². The van der Waals surface area contributed by atoms with Gasteiger partial charge in [-0.05, 0) is 188 Å². The van der Waals surface area contributed by atoms with Crippen LogP contribution in [0.1, 0.15) is 222 Å². The first-order chi connectivity index (χ1) is 33.3. The molecule has 0 radical (unpaired) electrons. The minimum absolute atomic E-state index is 0.000774. The van der Waals surface area contributed by atoms with Crippen LogP contribution >= 0.6 is 0 Å². The fraction of sp³-hybridized carbons (Fsp3) is 0.486. The van der Waals surface area contributed by atoms with Crippen LogP contribution in [-0.4, -0.2) is 6.71 Å². The van der Waals surface area contributed by atoms with Gasteiger partial charge in [-0.2, -0.15) is 0 Å². The van der Waals surface area contributed by atoms with Gasteiger partial charge in [0.1, 0.15) is 0 Å². The largest absolute Gasteiger partial charge is 0.311 e. The van der Waals surface area contributed by atoms with Gasteiger partial charge in [0.25, 0.3) is 6.71 Å². The van der Waals surface area contributed by atoms with Gasteiger partial charge in [-0.15, -0.1) is 0 Å². The minimum atomic E-state index is -0.0608. The predicted octanol–water partition coefficient (Wildman–Crippen LogP) is 17.8. The Kier molecular flexibility index (Phi) is 11.1. The maximum Gasteiger partial charge on any atom is 0.252 e. The molecule has 0 fully saturated rings. The molecule has 2 aliphatic carbocycles. The summed E-state index contributed by atoms with van der Waals surface area (Å²) in [7, 11) is 0. The van der Waals surface area contributed by atoms with Crippen molar-refractivity contribution in [2.24, 2.45) is 0 Å².